The summed E-state index contributed by atoms with van der Waals surface area (Å²) in [5.74, 6) is 0. The van der Waals surface area contributed by atoms with E-state index >= 15 is 0 Å². The maximum absolute atomic E-state index is 11.5. The maximum atomic E-state index is 11.5. The minimum absolute atomic E-state index is 0.113. The summed E-state index contributed by atoms with van der Waals surface area (Å²) in [6.45, 7) is 0.913. The molecule has 16 heavy (non-hydrogen) atoms. The molecule has 0 atom stereocenters. The molecule has 84 valence electrons. The molecule has 1 aromatic carbocycles. The number of hydrogen-bond acceptors (Lipinski definition) is 3. The first-order valence-electron chi connectivity index (χ1n) is 5.56. The van der Waals surface area contributed by atoms with Gasteiger partial charge in [0.2, 0.25) is 0 Å². The minimum Gasteiger partial charge on any atom is -0.310 e. The minimum atomic E-state index is 0.113. The highest BCUT2D eigenvalue weighted by Gasteiger charge is 2.19. The van der Waals surface area contributed by atoms with Crippen LogP contribution in [0.4, 0.5) is 0 Å². The summed E-state index contributed by atoms with van der Waals surface area (Å²) in [5, 5.41) is 3.48. The van der Waals surface area contributed by atoms with Gasteiger partial charge in [-0.1, -0.05) is 17.4 Å². The lowest BCUT2D eigenvalue weighted by molar-refractivity contribution is 0.688. The Morgan fingerprint density at radius 1 is 1.50 bits per heavy atom. The van der Waals surface area contributed by atoms with Crippen molar-refractivity contribution < 1.29 is 0 Å². The molecule has 0 amide bonds. The summed E-state index contributed by atoms with van der Waals surface area (Å²) in [7, 11) is 1.82. The summed E-state index contributed by atoms with van der Waals surface area (Å²) >= 11 is 1.32. The van der Waals surface area contributed by atoms with Gasteiger partial charge in [0.25, 0.3) is 0 Å². The molecule has 1 aromatic heterocycles. The lowest BCUT2D eigenvalue weighted by atomic mass is 10.2. The van der Waals surface area contributed by atoms with Gasteiger partial charge in [0, 0.05) is 19.6 Å². The van der Waals surface area contributed by atoms with Crippen molar-refractivity contribution in [2.45, 2.75) is 25.4 Å². The quantitative estimate of drug-likeness (QED) is 0.879. The molecule has 0 bridgehead atoms. The van der Waals surface area contributed by atoms with E-state index in [0.717, 1.165) is 22.8 Å². The largest absolute Gasteiger partial charge is 0.310 e. The van der Waals surface area contributed by atoms with E-state index in [9.17, 15) is 4.79 Å². The van der Waals surface area contributed by atoms with Crippen LogP contribution in [0.15, 0.2) is 23.0 Å². The van der Waals surface area contributed by atoms with Gasteiger partial charge in [-0.2, -0.15) is 0 Å². The number of nitrogens with one attached hydrogen (secondary N) is 1. The molecular weight excluding hydrogens is 220 g/mol. The Morgan fingerprint density at radius 3 is 3.06 bits per heavy atom. The van der Waals surface area contributed by atoms with Crippen molar-refractivity contribution in [3.63, 3.8) is 0 Å². The first-order chi connectivity index (χ1) is 7.74. The predicted octanol–water partition coefficient (Wildman–Crippen LogP) is 1.85. The van der Waals surface area contributed by atoms with Crippen molar-refractivity contribution in [1.29, 1.82) is 0 Å². The van der Waals surface area contributed by atoms with Crippen molar-refractivity contribution >= 4 is 21.6 Å². The Balaban J connectivity index is 1.92. The first kappa shape index (κ1) is 10.1. The van der Waals surface area contributed by atoms with Gasteiger partial charge in [-0.3, -0.25) is 4.79 Å². The molecule has 3 nitrogen and oxygen atoms in total. The molecule has 1 heterocycles. The number of fused-ring (bicyclic) bond motifs is 1. The molecular formula is C12H14N2OS. The molecule has 1 aliphatic carbocycles. The van der Waals surface area contributed by atoms with Gasteiger partial charge in [-0.15, -0.1) is 0 Å². The standard InChI is InChI=1S/C12H14N2OS/c1-14-10-5-2-8(7-13-9-3-4-9)6-11(10)16-12(14)15/h2,5-6,9,13H,3-4,7H2,1H3. The second kappa shape index (κ2) is 3.71. The number of aryl methyl sites for hydroxylation is 1. The number of rotatable bonds is 3. The molecule has 1 N–H and O–H groups in total. The van der Waals surface area contributed by atoms with E-state index in [0.29, 0.717) is 0 Å². The van der Waals surface area contributed by atoms with Gasteiger partial charge in [-0.05, 0) is 30.5 Å². The number of benzene rings is 1. The molecule has 0 spiro atoms. The number of thiazole rings is 1. The first-order valence-corrected chi connectivity index (χ1v) is 6.37. The van der Waals surface area contributed by atoms with E-state index in [1.807, 2.05) is 13.1 Å². The summed E-state index contributed by atoms with van der Waals surface area (Å²) in [6, 6.07) is 6.99. The average Bonchev–Trinajstić information content (AvgIpc) is 3.05. The van der Waals surface area contributed by atoms with Crippen LogP contribution in [0.5, 0.6) is 0 Å². The summed E-state index contributed by atoms with van der Waals surface area (Å²) in [4.78, 5) is 11.6. The zero-order valence-corrected chi connectivity index (χ0v) is 10.0. The molecule has 3 rings (SSSR count). The van der Waals surface area contributed by atoms with Crippen LogP contribution in [0.2, 0.25) is 0 Å². The second-order valence-electron chi connectivity index (χ2n) is 4.38. The van der Waals surface area contributed by atoms with E-state index in [1.165, 1.54) is 29.7 Å². The van der Waals surface area contributed by atoms with E-state index in [2.05, 4.69) is 17.4 Å². The zero-order valence-electron chi connectivity index (χ0n) is 9.19. The van der Waals surface area contributed by atoms with Crippen molar-refractivity contribution in [3.8, 4) is 0 Å². The van der Waals surface area contributed by atoms with Crippen molar-refractivity contribution in [3.05, 3.63) is 33.4 Å². The van der Waals surface area contributed by atoms with Gasteiger partial charge in [0.05, 0.1) is 10.2 Å². The Kier molecular flexibility index (Phi) is 2.33. The van der Waals surface area contributed by atoms with Crippen LogP contribution < -0.4 is 10.2 Å². The van der Waals surface area contributed by atoms with Crippen molar-refractivity contribution in [2.75, 3.05) is 0 Å². The lowest BCUT2D eigenvalue weighted by Crippen LogP contribution is -2.15. The molecule has 0 radical (unpaired) electrons. The fourth-order valence-corrected chi connectivity index (χ4v) is 2.78. The SMILES string of the molecule is Cn1c(=O)sc2cc(CNC3CC3)ccc21. The fraction of sp³-hybridized carbons (Fsp3) is 0.417. The van der Waals surface area contributed by atoms with E-state index in [1.54, 1.807) is 4.57 Å². The van der Waals surface area contributed by atoms with Crippen molar-refractivity contribution in [1.82, 2.24) is 9.88 Å². The van der Waals surface area contributed by atoms with Crippen LogP contribution in [0.1, 0.15) is 18.4 Å². The maximum Gasteiger partial charge on any atom is 0.307 e. The third-order valence-corrected chi connectivity index (χ3v) is 4.02. The molecule has 0 unspecified atom stereocenters. The van der Waals surface area contributed by atoms with Crippen LogP contribution in [0, 0.1) is 0 Å². The lowest BCUT2D eigenvalue weighted by Gasteiger charge is -2.03. The van der Waals surface area contributed by atoms with E-state index < -0.39 is 0 Å². The average molecular weight is 234 g/mol. The van der Waals surface area contributed by atoms with Crippen molar-refractivity contribution in [2.24, 2.45) is 7.05 Å². The molecule has 1 aliphatic rings. The van der Waals surface area contributed by atoms with Gasteiger partial charge >= 0.3 is 4.87 Å². The summed E-state index contributed by atoms with van der Waals surface area (Å²) in [6.07, 6.45) is 2.61. The van der Waals surface area contributed by atoms with E-state index in [4.69, 9.17) is 0 Å². The van der Waals surface area contributed by atoms with Crippen LogP contribution in [-0.2, 0) is 13.6 Å². The topological polar surface area (TPSA) is 34.0 Å². The molecule has 4 heteroatoms. The van der Waals surface area contributed by atoms with Crippen LogP contribution in [0.3, 0.4) is 0 Å². The van der Waals surface area contributed by atoms with Gasteiger partial charge in [-0.25, -0.2) is 0 Å². The summed E-state index contributed by atoms with van der Waals surface area (Å²) < 4.78 is 2.79. The van der Waals surface area contributed by atoms with E-state index in [-0.39, 0.29) is 4.87 Å². The highest BCUT2D eigenvalue weighted by Crippen LogP contribution is 2.21. The van der Waals surface area contributed by atoms with Gasteiger partial charge in [0.15, 0.2) is 0 Å². The Morgan fingerprint density at radius 2 is 2.31 bits per heavy atom. The third-order valence-electron chi connectivity index (χ3n) is 3.03. The summed E-state index contributed by atoms with van der Waals surface area (Å²) in [5.41, 5.74) is 2.30. The van der Waals surface area contributed by atoms with Crippen LogP contribution in [-0.4, -0.2) is 10.6 Å². The molecule has 0 aliphatic heterocycles. The Bertz CT molecular complexity index is 580. The molecule has 1 saturated carbocycles. The van der Waals surface area contributed by atoms with Crippen LogP contribution >= 0.6 is 11.3 Å². The highest BCUT2D eigenvalue weighted by molar-refractivity contribution is 7.16. The predicted molar refractivity (Wildman–Crippen MR) is 66.9 cm³/mol. The van der Waals surface area contributed by atoms with Gasteiger partial charge in [0.1, 0.15) is 0 Å². The molecule has 0 saturated heterocycles. The molecule has 2 aromatic rings. The second-order valence-corrected chi connectivity index (χ2v) is 5.38. The third kappa shape index (κ3) is 1.79. The number of hydrogen-bond donors (Lipinski definition) is 1. The zero-order chi connectivity index (χ0) is 11.1. The number of aromatic nitrogens is 1. The van der Waals surface area contributed by atoms with Gasteiger partial charge < -0.3 is 9.88 Å². The Hall–Kier alpha value is -1.13. The fourth-order valence-electron chi connectivity index (χ4n) is 1.84. The monoisotopic (exact) mass is 234 g/mol. The van der Waals surface area contributed by atoms with Crippen LogP contribution in [0.25, 0.3) is 10.2 Å². The highest BCUT2D eigenvalue weighted by atomic mass is 32.1. The smallest absolute Gasteiger partial charge is 0.307 e. The Labute approximate surface area is 97.7 Å². The normalized spacial score (nSPS) is 15.8. The molecule has 1 fully saturated rings. The number of nitrogens with zero attached hydrogens (tertiary/aromatic N) is 1.